The first-order valence-electron chi connectivity index (χ1n) is 6.84. The average molecular weight is 298 g/mol. The van der Waals surface area contributed by atoms with E-state index in [4.69, 9.17) is 17.3 Å². The molecule has 0 aliphatic carbocycles. The summed E-state index contributed by atoms with van der Waals surface area (Å²) in [6, 6.07) is -0.388. The van der Waals surface area contributed by atoms with E-state index in [0.29, 0.717) is 17.2 Å². The number of nitrogen functional groups attached to an aromatic ring is 1. The molecule has 0 aromatic carbocycles. The number of anilines is 2. The fourth-order valence-electron chi connectivity index (χ4n) is 2.31. The highest BCUT2D eigenvalue weighted by Crippen LogP contribution is 2.22. The smallest absolute Gasteiger partial charge is 0.244 e. The lowest BCUT2D eigenvalue weighted by atomic mass is 10.1. The highest BCUT2D eigenvalue weighted by atomic mass is 35.5. The Bertz CT molecular complexity index is 502. The van der Waals surface area contributed by atoms with E-state index in [-0.39, 0.29) is 17.2 Å². The summed E-state index contributed by atoms with van der Waals surface area (Å²) < 4.78 is 0. The number of hydrogen-bond acceptors (Lipinski definition) is 5. The highest BCUT2D eigenvalue weighted by molar-refractivity contribution is 6.28. The largest absolute Gasteiger partial charge is 0.394 e. The van der Waals surface area contributed by atoms with Gasteiger partial charge in [-0.05, 0) is 44.7 Å². The number of aryl methyl sites for hydroxylation is 1. The minimum Gasteiger partial charge on any atom is -0.394 e. The third kappa shape index (κ3) is 3.30. The van der Waals surface area contributed by atoms with E-state index < -0.39 is 0 Å². The molecule has 1 aromatic rings. The number of nitrogens with one attached hydrogen (secondary N) is 1. The van der Waals surface area contributed by atoms with Crippen molar-refractivity contribution in [2.75, 3.05) is 24.1 Å². The Balaban J connectivity index is 2.07. The summed E-state index contributed by atoms with van der Waals surface area (Å²) in [5, 5.41) is 3.16. The second-order valence-corrected chi connectivity index (χ2v) is 5.43. The molecule has 1 fully saturated rings. The average Bonchev–Trinajstić information content (AvgIpc) is 2.44. The van der Waals surface area contributed by atoms with Gasteiger partial charge in [-0.3, -0.25) is 4.79 Å². The van der Waals surface area contributed by atoms with E-state index in [0.717, 1.165) is 25.9 Å². The summed E-state index contributed by atoms with van der Waals surface area (Å²) in [6.07, 6.45) is 3.33. The van der Waals surface area contributed by atoms with Crippen molar-refractivity contribution in [3.63, 3.8) is 0 Å². The molecule has 0 saturated carbocycles. The second kappa shape index (κ2) is 6.26. The first kappa shape index (κ1) is 14.8. The SMILES string of the molecule is Cc1nc(Cl)nc(NC(C)C(=O)N2CCCCC2)c1N. The number of halogens is 1. The van der Waals surface area contributed by atoms with Crippen molar-refractivity contribution < 1.29 is 4.79 Å². The topological polar surface area (TPSA) is 84.1 Å². The number of aromatic nitrogens is 2. The van der Waals surface area contributed by atoms with Crippen molar-refractivity contribution in [1.82, 2.24) is 14.9 Å². The van der Waals surface area contributed by atoms with E-state index >= 15 is 0 Å². The van der Waals surface area contributed by atoms with E-state index in [9.17, 15) is 4.79 Å². The highest BCUT2D eigenvalue weighted by Gasteiger charge is 2.23. The maximum atomic E-state index is 12.3. The fraction of sp³-hybridized carbons (Fsp3) is 0.615. The monoisotopic (exact) mass is 297 g/mol. The molecule has 1 aromatic heterocycles. The lowest BCUT2D eigenvalue weighted by molar-refractivity contribution is -0.132. The van der Waals surface area contributed by atoms with Crippen LogP contribution in [-0.4, -0.2) is 39.9 Å². The van der Waals surface area contributed by atoms with Crippen molar-refractivity contribution in [1.29, 1.82) is 0 Å². The summed E-state index contributed by atoms with van der Waals surface area (Å²) in [6.45, 7) is 5.21. The third-order valence-electron chi connectivity index (χ3n) is 3.50. The molecule has 1 saturated heterocycles. The summed E-state index contributed by atoms with van der Waals surface area (Å²) in [5.74, 6) is 0.483. The van der Waals surface area contributed by atoms with Crippen LogP contribution in [0.15, 0.2) is 0 Å². The Morgan fingerprint density at radius 1 is 1.35 bits per heavy atom. The van der Waals surface area contributed by atoms with Gasteiger partial charge in [-0.25, -0.2) is 4.98 Å². The van der Waals surface area contributed by atoms with Gasteiger partial charge in [-0.15, -0.1) is 0 Å². The third-order valence-corrected chi connectivity index (χ3v) is 3.67. The zero-order valence-electron chi connectivity index (χ0n) is 11.8. The van der Waals surface area contributed by atoms with Gasteiger partial charge in [0, 0.05) is 13.1 Å². The molecule has 1 amide bonds. The number of piperidine rings is 1. The summed E-state index contributed by atoms with van der Waals surface area (Å²) in [5.41, 5.74) is 6.93. The van der Waals surface area contributed by atoms with Crippen molar-refractivity contribution in [3.05, 3.63) is 11.0 Å². The molecule has 0 spiro atoms. The van der Waals surface area contributed by atoms with Gasteiger partial charge in [-0.1, -0.05) is 0 Å². The number of amides is 1. The fourth-order valence-corrected chi connectivity index (χ4v) is 2.52. The van der Waals surface area contributed by atoms with E-state index in [1.54, 1.807) is 6.92 Å². The Kier molecular flexibility index (Phi) is 4.65. The first-order valence-corrected chi connectivity index (χ1v) is 7.21. The van der Waals surface area contributed by atoms with Gasteiger partial charge >= 0.3 is 0 Å². The van der Waals surface area contributed by atoms with Gasteiger partial charge < -0.3 is 16.0 Å². The van der Waals surface area contributed by atoms with Gasteiger partial charge in [0.15, 0.2) is 5.82 Å². The molecule has 110 valence electrons. The van der Waals surface area contributed by atoms with Crippen LogP contribution in [0.2, 0.25) is 5.28 Å². The minimum atomic E-state index is -0.388. The Morgan fingerprint density at radius 3 is 2.65 bits per heavy atom. The Labute approximate surface area is 123 Å². The molecule has 1 unspecified atom stereocenters. The van der Waals surface area contributed by atoms with Gasteiger partial charge in [-0.2, -0.15) is 4.98 Å². The van der Waals surface area contributed by atoms with Crippen LogP contribution in [-0.2, 0) is 4.79 Å². The molecule has 1 aliphatic rings. The van der Waals surface area contributed by atoms with E-state index in [2.05, 4.69) is 15.3 Å². The predicted octanol–water partition coefficient (Wildman–Crippen LogP) is 1.83. The molecule has 0 radical (unpaired) electrons. The molecule has 20 heavy (non-hydrogen) atoms. The van der Waals surface area contributed by atoms with Crippen LogP contribution in [0.4, 0.5) is 11.5 Å². The van der Waals surface area contributed by atoms with E-state index in [1.807, 2.05) is 11.8 Å². The van der Waals surface area contributed by atoms with Gasteiger partial charge in [0.1, 0.15) is 6.04 Å². The number of carbonyl (C=O) groups is 1. The summed E-state index contributed by atoms with van der Waals surface area (Å²) >= 11 is 5.82. The Morgan fingerprint density at radius 2 is 2.00 bits per heavy atom. The van der Waals surface area contributed by atoms with Crippen LogP contribution >= 0.6 is 11.6 Å². The van der Waals surface area contributed by atoms with Crippen LogP contribution in [0.3, 0.4) is 0 Å². The van der Waals surface area contributed by atoms with Crippen LogP contribution in [0, 0.1) is 6.92 Å². The Hall–Kier alpha value is -1.56. The van der Waals surface area contributed by atoms with E-state index in [1.165, 1.54) is 6.42 Å². The lowest BCUT2D eigenvalue weighted by Gasteiger charge is -2.29. The maximum Gasteiger partial charge on any atom is 0.244 e. The van der Waals surface area contributed by atoms with Gasteiger partial charge in [0.05, 0.1) is 11.4 Å². The molecule has 2 heterocycles. The van der Waals surface area contributed by atoms with Crippen LogP contribution < -0.4 is 11.1 Å². The zero-order chi connectivity index (χ0) is 14.7. The quantitative estimate of drug-likeness (QED) is 0.832. The molecular formula is C13H20ClN5O. The number of carbonyl (C=O) groups excluding carboxylic acids is 1. The number of nitrogens with two attached hydrogens (primary N) is 1. The van der Waals surface area contributed by atoms with Crippen molar-refractivity contribution in [3.8, 4) is 0 Å². The van der Waals surface area contributed by atoms with Crippen molar-refractivity contribution >= 4 is 29.0 Å². The van der Waals surface area contributed by atoms with Crippen LogP contribution in [0.25, 0.3) is 0 Å². The second-order valence-electron chi connectivity index (χ2n) is 5.09. The van der Waals surface area contributed by atoms with Crippen LogP contribution in [0.5, 0.6) is 0 Å². The molecule has 3 N–H and O–H groups in total. The lowest BCUT2D eigenvalue weighted by Crippen LogP contribution is -2.44. The minimum absolute atomic E-state index is 0.0662. The predicted molar refractivity (Wildman–Crippen MR) is 79.7 cm³/mol. The molecule has 7 heteroatoms. The van der Waals surface area contributed by atoms with Gasteiger partial charge in [0.2, 0.25) is 11.2 Å². The number of nitrogens with zero attached hydrogens (tertiary/aromatic N) is 3. The summed E-state index contributed by atoms with van der Waals surface area (Å²) in [7, 11) is 0. The van der Waals surface area contributed by atoms with Crippen molar-refractivity contribution in [2.45, 2.75) is 39.2 Å². The molecular weight excluding hydrogens is 278 g/mol. The summed E-state index contributed by atoms with van der Waals surface area (Å²) in [4.78, 5) is 22.2. The van der Waals surface area contributed by atoms with Crippen molar-refractivity contribution in [2.24, 2.45) is 0 Å². The molecule has 1 atom stereocenters. The number of rotatable bonds is 3. The van der Waals surface area contributed by atoms with Crippen LogP contribution in [0.1, 0.15) is 31.9 Å². The van der Waals surface area contributed by atoms with Gasteiger partial charge in [0.25, 0.3) is 0 Å². The molecule has 0 bridgehead atoms. The molecule has 6 nitrogen and oxygen atoms in total. The molecule has 2 rings (SSSR count). The molecule has 1 aliphatic heterocycles. The standard InChI is InChI=1S/C13H20ClN5O/c1-8-10(15)11(18-13(14)17-8)16-9(2)12(20)19-6-4-3-5-7-19/h9H,3-7,15H2,1-2H3,(H,16,17,18). The zero-order valence-corrected chi connectivity index (χ0v) is 12.6. The maximum absolute atomic E-state index is 12.3. The first-order chi connectivity index (χ1) is 9.49. The number of likely N-dealkylation sites (tertiary alicyclic amines) is 1. The number of hydrogen-bond donors (Lipinski definition) is 2. The normalized spacial score (nSPS) is 16.9.